The molecular formula is C21H27N3O2S. The number of benzene rings is 1. The summed E-state index contributed by atoms with van der Waals surface area (Å²) in [5.74, 6) is -0.0666. The van der Waals surface area contributed by atoms with Gasteiger partial charge >= 0.3 is 0 Å². The number of carbonyl (C=O) groups is 1. The summed E-state index contributed by atoms with van der Waals surface area (Å²) in [5.41, 5.74) is 1.18. The maximum atomic E-state index is 12.9. The zero-order valence-electron chi connectivity index (χ0n) is 15.6. The van der Waals surface area contributed by atoms with Crippen molar-refractivity contribution in [1.82, 2.24) is 14.9 Å². The number of hydrogen-bond donors (Lipinski definition) is 2. The van der Waals surface area contributed by atoms with Crippen molar-refractivity contribution < 1.29 is 4.79 Å². The Morgan fingerprint density at radius 2 is 1.70 bits per heavy atom. The lowest BCUT2D eigenvalue weighted by atomic mass is 10.1. The average Bonchev–Trinajstić information content (AvgIpc) is 3.05. The summed E-state index contributed by atoms with van der Waals surface area (Å²) < 4.78 is 2.19. The topological polar surface area (TPSA) is 66.9 Å². The van der Waals surface area contributed by atoms with Gasteiger partial charge < -0.3 is 10.3 Å². The van der Waals surface area contributed by atoms with Crippen molar-refractivity contribution in [3.05, 3.63) is 38.9 Å². The monoisotopic (exact) mass is 385 g/mol. The van der Waals surface area contributed by atoms with Crippen LogP contribution in [0.15, 0.2) is 23.0 Å². The van der Waals surface area contributed by atoms with Crippen molar-refractivity contribution in [3.8, 4) is 0 Å². The first kappa shape index (κ1) is 18.4. The zero-order chi connectivity index (χ0) is 18.8. The Kier molecular flexibility index (Phi) is 5.43. The molecule has 6 heteroatoms. The van der Waals surface area contributed by atoms with Crippen LogP contribution < -0.4 is 10.9 Å². The van der Waals surface area contributed by atoms with Crippen LogP contribution >= 0.6 is 12.2 Å². The van der Waals surface area contributed by atoms with Crippen LogP contribution in [0.1, 0.15) is 80.6 Å². The molecule has 144 valence electrons. The van der Waals surface area contributed by atoms with Crippen LogP contribution in [-0.4, -0.2) is 21.5 Å². The van der Waals surface area contributed by atoms with Crippen molar-refractivity contribution >= 4 is 29.0 Å². The fraction of sp³-hybridized carbons (Fsp3) is 0.571. The second kappa shape index (κ2) is 7.97. The van der Waals surface area contributed by atoms with Gasteiger partial charge in [0.2, 0.25) is 0 Å². The van der Waals surface area contributed by atoms with Gasteiger partial charge in [-0.3, -0.25) is 14.2 Å². The van der Waals surface area contributed by atoms with Crippen LogP contribution in [0.3, 0.4) is 0 Å². The maximum Gasteiger partial charge on any atom is 0.262 e. The molecule has 0 saturated heterocycles. The molecule has 0 radical (unpaired) electrons. The van der Waals surface area contributed by atoms with E-state index in [-0.39, 0.29) is 23.6 Å². The predicted octanol–water partition coefficient (Wildman–Crippen LogP) is 4.63. The number of aromatic amines is 1. The predicted molar refractivity (Wildman–Crippen MR) is 110 cm³/mol. The van der Waals surface area contributed by atoms with Crippen molar-refractivity contribution in [2.75, 3.05) is 0 Å². The third kappa shape index (κ3) is 3.86. The molecule has 0 atom stereocenters. The molecule has 5 nitrogen and oxygen atoms in total. The summed E-state index contributed by atoms with van der Waals surface area (Å²) in [7, 11) is 0. The summed E-state index contributed by atoms with van der Waals surface area (Å²) in [4.78, 5) is 28.8. The molecule has 0 bridgehead atoms. The van der Waals surface area contributed by atoms with E-state index in [4.69, 9.17) is 12.2 Å². The molecule has 1 amide bonds. The molecule has 1 aromatic heterocycles. The van der Waals surface area contributed by atoms with E-state index in [1.54, 1.807) is 22.8 Å². The number of hydrogen-bond acceptors (Lipinski definition) is 3. The van der Waals surface area contributed by atoms with Gasteiger partial charge in [0.05, 0.1) is 10.9 Å². The number of H-pyrrole nitrogens is 1. The fourth-order valence-corrected chi connectivity index (χ4v) is 4.90. The summed E-state index contributed by atoms with van der Waals surface area (Å²) in [6.07, 6.45) is 11.3. The normalized spacial score (nSPS) is 19.3. The smallest absolute Gasteiger partial charge is 0.262 e. The van der Waals surface area contributed by atoms with Gasteiger partial charge in [-0.2, -0.15) is 0 Å². The minimum atomic E-state index is -0.0666. The molecule has 4 rings (SSSR count). The maximum absolute atomic E-state index is 12.9. The molecule has 1 aromatic carbocycles. The SMILES string of the molecule is O=C(NC1CCCCCC1)c1ccc2c(=O)n(C3CCCC3)c(=S)[nH]c2c1. The lowest BCUT2D eigenvalue weighted by Gasteiger charge is -2.17. The number of carbonyl (C=O) groups excluding carboxylic acids is 1. The Hall–Kier alpha value is -1.95. The zero-order valence-corrected chi connectivity index (χ0v) is 16.4. The number of aromatic nitrogens is 2. The van der Waals surface area contributed by atoms with Crippen LogP contribution in [0.2, 0.25) is 0 Å². The van der Waals surface area contributed by atoms with Gasteiger partial charge in [0.1, 0.15) is 0 Å². The molecule has 2 aliphatic carbocycles. The van der Waals surface area contributed by atoms with E-state index in [0.29, 0.717) is 21.2 Å². The highest BCUT2D eigenvalue weighted by Gasteiger charge is 2.21. The summed E-state index contributed by atoms with van der Waals surface area (Å²) in [6.45, 7) is 0. The average molecular weight is 386 g/mol. The summed E-state index contributed by atoms with van der Waals surface area (Å²) in [5, 5.41) is 3.76. The van der Waals surface area contributed by atoms with Crippen LogP contribution in [0.5, 0.6) is 0 Å². The van der Waals surface area contributed by atoms with E-state index >= 15 is 0 Å². The van der Waals surface area contributed by atoms with Gasteiger partial charge in [-0.05, 0) is 56.1 Å². The van der Waals surface area contributed by atoms with Crippen LogP contribution in [0, 0.1) is 4.77 Å². The number of amides is 1. The lowest BCUT2D eigenvalue weighted by Crippen LogP contribution is -2.34. The van der Waals surface area contributed by atoms with Gasteiger partial charge in [0.15, 0.2) is 4.77 Å². The molecule has 0 aliphatic heterocycles. The Morgan fingerprint density at radius 1 is 1.04 bits per heavy atom. The van der Waals surface area contributed by atoms with E-state index in [9.17, 15) is 9.59 Å². The van der Waals surface area contributed by atoms with Gasteiger partial charge in [-0.15, -0.1) is 0 Å². The number of nitrogens with zero attached hydrogens (tertiary/aromatic N) is 1. The van der Waals surface area contributed by atoms with E-state index in [1.165, 1.54) is 25.7 Å². The molecule has 2 N–H and O–H groups in total. The Bertz CT molecular complexity index is 948. The van der Waals surface area contributed by atoms with Crippen LogP contribution in [0.25, 0.3) is 10.9 Å². The molecular weight excluding hydrogens is 358 g/mol. The molecule has 1 heterocycles. The minimum Gasteiger partial charge on any atom is -0.349 e. The van der Waals surface area contributed by atoms with Crippen molar-refractivity contribution in [3.63, 3.8) is 0 Å². The first-order chi connectivity index (χ1) is 13.1. The van der Waals surface area contributed by atoms with E-state index in [0.717, 1.165) is 38.5 Å². The summed E-state index contributed by atoms with van der Waals surface area (Å²) in [6, 6.07) is 5.73. The largest absolute Gasteiger partial charge is 0.349 e. The molecule has 0 spiro atoms. The van der Waals surface area contributed by atoms with Crippen LogP contribution in [-0.2, 0) is 0 Å². The lowest BCUT2D eigenvalue weighted by molar-refractivity contribution is 0.0933. The molecule has 2 aromatic rings. The Morgan fingerprint density at radius 3 is 2.41 bits per heavy atom. The van der Waals surface area contributed by atoms with Crippen LogP contribution in [0.4, 0.5) is 0 Å². The van der Waals surface area contributed by atoms with Gasteiger partial charge in [-0.25, -0.2) is 0 Å². The molecule has 2 fully saturated rings. The Balaban J connectivity index is 1.62. The molecule has 0 unspecified atom stereocenters. The highest BCUT2D eigenvalue weighted by Crippen LogP contribution is 2.28. The highest BCUT2D eigenvalue weighted by molar-refractivity contribution is 7.71. The number of nitrogens with one attached hydrogen (secondary N) is 2. The van der Waals surface area contributed by atoms with Crippen molar-refractivity contribution in [1.29, 1.82) is 0 Å². The first-order valence-corrected chi connectivity index (χ1v) is 10.6. The molecule has 27 heavy (non-hydrogen) atoms. The van der Waals surface area contributed by atoms with Gasteiger partial charge in [-0.1, -0.05) is 38.5 Å². The van der Waals surface area contributed by atoms with Gasteiger partial charge in [0.25, 0.3) is 11.5 Å². The molecule has 2 saturated carbocycles. The second-order valence-electron chi connectivity index (χ2n) is 7.97. The minimum absolute atomic E-state index is 0.0450. The summed E-state index contributed by atoms with van der Waals surface area (Å²) >= 11 is 5.47. The van der Waals surface area contributed by atoms with Crippen molar-refractivity contribution in [2.45, 2.75) is 76.3 Å². The third-order valence-corrected chi connectivity index (χ3v) is 6.37. The number of fused-ring (bicyclic) bond motifs is 1. The second-order valence-corrected chi connectivity index (χ2v) is 8.35. The van der Waals surface area contributed by atoms with Crippen molar-refractivity contribution in [2.24, 2.45) is 0 Å². The quantitative estimate of drug-likeness (QED) is 0.598. The fourth-order valence-electron chi connectivity index (χ4n) is 4.56. The van der Waals surface area contributed by atoms with Gasteiger partial charge in [0, 0.05) is 17.6 Å². The highest BCUT2D eigenvalue weighted by atomic mass is 32.1. The van der Waals surface area contributed by atoms with E-state index < -0.39 is 0 Å². The third-order valence-electron chi connectivity index (χ3n) is 6.07. The number of rotatable bonds is 3. The van der Waals surface area contributed by atoms with E-state index in [1.807, 2.05) is 0 Å². The Labute approximate surface area is 164 Å². The first-order valence-electron chi connectivity index (χ1n) is 10.2. The van der Waals surface area contributed by atoms with E-state index in [2.05, 4.69) is 10.3 Å². The molecule has 2 aliphatic rings. The standard InChI is InChI=1S/C21H27N3O2S/c25-19(22-15-7-3-1-2-4-8-15)14-11-12-17-18(13-14)23-21(27)24(20(17)26)16-9-5-6-10-16/h11-13,15-16H,1-10H2,(H,22,25)(H,23,27).